The molecule has 6 nitrogen and oxygen atoms in total. The minimum atomic E-state index is -1.11. The number of rotatable bonds is 4. The Bertz CT molecular complexity index is 821. The highest BCUT2D eigenvalue weighted by atomic mass is 32.2. The Hall–Kier alpha value is -1.71. The normalized spacial score (nSPS) is 10.9. The predicted molar refractivity (Wildman–Crippen MR) is 82.3 cm³/mol. The molecule has 3 aromatic rings. The molecule has 0 aliphatic heterocycles. The standard InChI is InChI=1S/C12H8N4O2S3/c1-19-11-15-16-12(21-11)20-9-6-4-2-3-5-7(6)13-14-8(9)10(17)18/h2-5H,1H3,(H,17,18). The van der Waals surface area contributed by atoms with Gasteiger partial charge < -0.3 is 5.11 Å². The van der Waals surface area contributed by atoms with Crippen LogP contribution in [0.1, 0.15) is 10.5 Å². The van der Waals surface area contributed by atoms with Crippen molar-refractivity contribution in [3.8, 4) is 0 Å². The fraction of sp³-hybridized carbons (Fsp3) is 0.0833. The van der Waals surface area contributed by atoms with Crippen molar-refractivity contribution >= 4 is 51.7 Å². The molecule has 2 aromatic heterocycles. The lowest BCUT2D eigenvalue weighted by Crippen LogP contribution is -2.05. The molecule has 0 fully saturated rings. The molecule has 1 N–H and O–H groups in total. The zero-order valence-electron chi connectivity index (χ0n) is 10.7. The van der Waals surface area contributed by atoms with Crippen molar-refractivity contribution in [1.29, 1.82) is 0 Å². The first-order valence-electron chi connectivity index (χ1n) is 5.73. The molecular weight excluding hydrogens is 328 g/mol. The average Bonchev–Trinajstić information content (AvgIpc) is 2.95. The molecule has 0 unspecified atom stereocenters. The third kappa shape index (κ3) is 2.85. The van der Waals surface area contributed by atoms with Crippen LogP contribution in [0.3, 0.4) is 0 Å². The SMILES string of the molecule is CSc1nnc(Sc2c(C(=O)O)nnc3ccccc23)s1. The molecule has 0 bridgehead atoms. The summed E-state index contributed by atoms with van der Waals surface area (Å²) in [5.74, 6) is -1.11. The monoisotopic (exact) mass is 336 g/mol. The summed E-state index contributed by atoms with van der Waals surface area (Å²) in [6, 6.07) is 7.30. The van der Waals surface area contributed by atoms with Gasteiger partial charge in [0.05, 0.1) is 10.4 Å². The maximum atomic E-state index is 11.4. The summed E-state index contributed by atoms with van der Waals surface area (Å²) in [5.41, 5.74) is 0.583. The first-order valence-corrected chi connectivity index (χ1v) is 8.59. The number of fused-ring (bicyclic) bond motifs is 1. The van der Waals surface area contributed by atoms with Crippen LogP contribution >= 0.6 is 34.9 Å². The van der Waals surface area contributed by atoms with Gasteiger partial charge in [-0.15, -0.1) is 20.4 Å². The molecule has 1 aromatic carbocycles. The smallest absolute Gasteiger partial charge is 0.357 e. The molecular formula is C12H8N4O2S3. The van der Waals surface area contributed by atoms with Crippen molar-refractivity contribution in [1.82, 2.24) is 20.4 Å². The Morgan fingerprint density at radius 1 is 1.14 bits per heavy atom. The number of thioether (sulfide) groups is 1. The van der Waals surface area contributed by atoms with Gasteiger partial charge in [-0.25, -0.2) is 4.79 Å². The number of hydrogen-bond acceptors (Lipinski definition) is 8. The van der Waals surface area contributed by atoms with E-state index in [1.807, 2.05) is 24.5 Å². The van der Waals surface area contributed by atoms with E-state index in [4.69, 9.17) is 0 Å². The topological polar surface area (TPSA) is 88.9 Å². The van der Waals surface area contributed by atoms with Crippen LogP contribution in [0, 0.1) is 0 Å². The molecule has 0 amide bonds. The molecule has 0 saturated heterocycles. The Morgan fingerprint density at radius 3 is 2.62 bits per heavy atom. The van der Waals surface area contributed by atoms with Gasteiger partial charge in [-0.05, 0) is 12.3 Å². The fourth-order valence-corrected chi connectivity index (χ4v) is 4.26. The number of carboxylic acids is 1. The van der Waals surface area contributed by atoms with Gasteiger partial charge in [-0.2, -0.15) is 0 Å². The highest BCUT2D eigenvalue weighted by molar-refractivity contribution is 8.03. The third-order valence-electron chi connectivity index (χ3n) is 2.58. The number of carbonyl (C=O) groups is 1. The summed E-state index contributed by atoms with van der Waals surface area (Å²) in [5, 5.41) is 25.9. The van der Waals surface area contributed by atoms with Gasteiger partial charge in [-0.1, -0.05) is 53.1 Å². The minimum Gasteiger partial charge on any atom is -0.476 e. The fourth-order valence-electron chi connectivity index (χ4n) is 1.68. The second kappa shape index (κ2) is 5.96. The van der Waals surface area contributed by atoms with E-state index in [-0.39, 0.29) is 5.69 Å². The van der Waals surface area contributed by atoms with E-state index in [1.54, 1.807) is 6.07 Å². The summed E-state index contributed by atoms with van der Waals surface area (Å²) in [7, 11) is 0. The van der Waals surface area contributed by atoms with Crippen LogP contribution in [-0.4, -0.2) is 37.7 Å². The minimum absolute atomic E-state index is 0.0698. The average molecular weight is 336 g/mol. The number of nitrogens with zero attached hydrogens (tertiary/aromatic N) is 4. The molecule has 2 heterocycles. The molecule has 9 heteroatoms. The molecule has 0 aliphatic rings. The number of hydrogen-bond donors (Lipinski definition) is 1. The van der Waals surface area contributed by atoms with E-state index in [9.17, 15) is 9.90 Å². The van der Waals surface area contributed by atoms with Crippen molar-refractivity contribution < 1.29 is 9.90 Å². The van der Waals surface area contributed by atoms with Gasteiger partial charge in [0.15, 0.2) is 14.4 Å². The highest BCUT2D eigenvalue weighted by Crippen LogP contribution is 2.37. The van der Waals surface area contributed by atoms with Gasteiger partial charge in [0.1, 0.15) is 0 Å². The lowest BCUT2D eigenvalue weighted by Gasteiger charge is -2.05. The molecule has 0 spiro atoms. The summed E-state index contributed by atoms with van der Waals surface area (Å²) in [6.45, 7) is 0. The Kier molecular flexibility index (Phi) is 4.04. The molecule has 0 radical (unpaired) electrons. The second-order valence-corrected chi connectivity index (χ2v) is 7.13. The Morgan fingerprint density at radius 2 is 1.90 bits per heavy atom. The van der Waals surface area contributed by atoms with Crippen molar-refractivity contribution in [3.05, 3.63) is 30.0 Å². The summed E-state index contributed by atoms with van der Waals surface area (Å²) in [6.07, 6.45) is 1.92. The van der Waals surface area contributed by atoms with Gasteiger partial charge in [-0.3, -0.25) is 0 Å². The van der Waals surface area contributed by atoms with E-state index in [0.29, 0.717) is 14.8 Å². The molecule has 3 rings (SSSR count). The first kappa shape index (κ1) is 14.2. The molecule has 106 valence electrons. The first-order chi connectivity index (χ1) is 10.2. The number of benzene rings is 1. The van der Waals surface area contributed by atoms with Gasteiger partial charge >= 0.3 is 5.97 Å². The van der Waals surface area contributed by atoms with E-state index in [0.717, 1.165) is 9.73 Å². The largest absolute Gasteiger partial charge is 0.476 e. The predicted octanol–water partition coefficient (Wildman–Crippen LogP) is 3.05. The maximum absolute atomic E-state index is 11.4. The highest BCUT2D eigenvalue weighted by Gasteiger charge is 2.19. The summed E-state index contributed by atoms with van der Waals surface area (Å²) in [4.78, 5) is 11.9. The van der Waals surface area contributed by atoms with Crippen LogP contribution in [0.15, 0.2) is 37.8 Å². The Labute approximate surface area is 132 Å². The van der Waals surface area contributed by atoms with Crippen LogP contribution in [0.4, 0.5) is 0 Å². The van der Waals surface area contributed by atoms with Gasteiger partial charge in [0, 0.05) is 5.39 Å². The number of aromatic nitrogens is 4. The van der Waals surface area contributed by atoms with Crippen molar-refractivity contribution in [2.75, 3.05) is 6.26 Å². The van der Waals surface area contributed by atoms with Gasteiger partial charge in [0.25, 0.3) is 0 Å². The van der Waals surface area contributed by atoms with Crippen molar-refractivity contribution in [3.63, 3.8) is 0 Å². The van der Waals surface area contributed by atoms with E-state index in [2.05, 4.69) is 20.4 Å². The molecule has 21 heavy (non-hydrogen) atoms. The van der Waals surface area contributed by atoms with Crippen LogP contribution in [-0.2, 0) is 0 Å². The second-order valence-electron chi connectivity index (χ2n) is 3.84. The van der Waals surface area contributed by atoms with Gasteiger partial charge in [0.2, 0.25) is 0 Å². The van der Waals surface area contributed by atoms with E-state index < -0.39 is 5.97 Å². The molecule has 0 aliphatic carbocycles. The summed E-state index contributed by atoms with van der Waals surface area (Å²) >= 11 is 4.18. The zero-order valence-corrected chi connectivity index (χ0v) is 13.1. The van der Waals surface area contributed by atoms with Crippen molar-refractivity contribution in [2.24, 2.45) is 0 Å². The summed E-state index contributed by atoms with van der Waals surface area (Å²) < 4.78 is 1.51. The number of aromatic carboxylic acids is 1. The van der Waals surface area contributed by atoms with Crippen LogP contribution < -0.4 is 0 Å². The van der Waals surface area contributed by atoms with Crippen LogP contribution in [0.2, 0.25) is 0 Å². The molecule has 0 atom stereocenters. The zero-order chi connectivity index (χ0) is 14.8. The quantitative estimate of drug-likeness (QED) is 0.727. The van der Waals surface area contributed by atoms with Crippen LogP contribution in [0.25, 0.3) is 10.9 Å². The van der Waals surface area contributed by atoms with E-state index >= 15 is 0 Å². The maximum Gasteiger partial charge on any atom is 0.357 e. The van der Waals surface area contributed by atoms with Crippen LogP contribution in [0.5, 0.6) is 0 Å². The lowest BCUT2D eigenvalue weighted by molar-refractivity contribution is 0.0685. The number of carboxylic acid groups (broad SMARTS) is 1. The third-order valence-corrected chi connectivity index (χ3v) is 5.64. The van der Waals surface area contributed by atoms with Crippen molar-refractivity contribution in [2.45, 2.75) is 13.6 Å². The van der Waals surface area contributed by atoms with E-state index in [1.165, 1.54) is 34.9 Å². The Balaban J connectivity index is 2.13. The molecule has 0 saturated carbocycles. The lowest BCUT2D eigenvalue weighted by atomic mass is 10.2.